The molecule has 2 heterocycles. The number of nitrogens with one attached hydrogen (secondary N) is 1. The highest BCUT2D eigenvalue weighted by Gasteiger charge is 2.52. The SMILES string of the molecule is CC(=O)N[C@@H]1[C@H](Oc2ccc([N+](=O)[O-])cc2)O[C@@H]2COC(C)(C)O[C@H]2[C@H]1O. The summed E-state index contributed by atoms with van der Waals surface area (Å²) in [4.78, 5) is 21.8. The molecule has 2 saturated heterocycles. The Morgan fingerprint density at radius 1 is 1.37 bits per heavy atom. The van der Waals surface area contributed by atoms with Crippen LogP contribution < -0.4 is 10.1 Å². The molecule has 2 aliphatic rings. The molecule has 5 atom stereocenters. The van der Waals surface area contributed by atoms with Gasteiger partial charge < -0.3 is 29.4 Å². The third-order valence-corrected chi connectivity index (χ3v) is 4.36. The van der Waals surface area contributed by atoms with Crippen molar-refractivity contribution in [3.8, 4) is 5.75 Å². The molecule has 0 aromatic heterocycles. The van der Waals surface area contributed by atoms with Gasteiger partial charge in [-0.15, -0.1) is 0 Å². The van der Waals surface area contributed by atoms with Gasteiger partial charge in [-0.3, -0.25) is 14.9 Å². The molecule has 0 spiro atoms. The predicted molar refractivity (Wildman–Crippen MR) is 90.9 cm³/mol. The van der Waals surface area contributed by atoms with Gasteiger partial charge in [0, 0.05) is 19.1 Å². The minimum Gasteiger partial charge on any atom is -0.463 e. The van der Waals surface area contributed by atoms with Gasteiger partial charge in [-0.25, -0.2) is 0 Å². The van der Waals surface area contributed by atoms with Crippen LogP contribution in [0.2, 0.25) is 0 Å². The molecule has 0 aliphatic carbocycles. The molecule has 2 aliphatic heterocycles. The summed E-state index contributed by atoms with van der Waals surface area (Å²) in [5.41, 5.74) is -0.0817. The number of non-ortho nitro benzene ring substituents is 1. The summed E-state index contributed by atoms with van der Waals surface area (Å²) in [5.74, 6) is -0.965. The van der Waals surface area contributed by atoms with E-state index in [-0.39, 0.29) is 18.2 Å². The molecule has 1 amide bonds. The highest BCUT2D eigenvalue weighted by Crippen LogP contribution is 2.33. The van der Waals surface area contributed by atoms with Crippen molar-refractivity contribution in [3.63, 3.8) is 0 Å². The van der Waals surface area contributed by atoms with Crippen LogP contribution in [0.15, 0.2) is 24.3 Å². The van der Waals surface area contributed by atoms with Crippen LogP contribution in [-0.4, -0.2) is 59.0 Å². The normalized spacial score (nSPS) is 32.2. The molecule has 0 radical (unpaired) electrons. The average Bonchev–Trinajstić information content (AvgIpc) is 2.59. The van der Waals surface area contributed by atoms with Crippen LogP contribution in [0.1, 0.15) is 20.8 Å². The lowest BCUT2D eigenvalue weighted by atomic mass is 9.95. The number of nitro groups is 1. The molecule has 3 rings (SSSR count). The van der Waals surface area contributed by atoms with Crippen molar-refractivity contribution in [1.82, 2.24) is 5.32 Å². The molecular weight excluding hydrogens is 360 g/mol. The van der Waals surface area contributed by atoms with Gasteiger partial charge in [-0.2, -0.15) is 0 Å². The maximum Gasteiger partial charge on any atom is 0.269 e. The van der Waals surface area contributed by atoms with E-state index in [2.05, 4.69) is 5.32 Å². The molecule has 0 saturated carbocycles. The van der Waals surface area contributed by atoms with Crippen molar-refractivity contribution in [2.45, 2.75) is 57.2 Å². The standard InChI is InChI=1S/C17H22N2O8/c1-9(20)18-13-14(21)15-12(8-24-17(2,3)27-15)26-16(13)25-11-6-4-10(5-7-11)19(22)23/h4-7,12-16,21H,8H2,1-3H3,(H,18,20)/t12-,13+,14+,15-,16-/m1/s1. The topological polar surface area (TPSA) is 129 Å². The third kappa shape index (κ3) is 4.35. The van der Waals surface area contributed by atoms with Crippen molar-refractivity contribution < 1.29 is 33.8 Å². The molecule has 1 aromatic carbocycles. The number of nitrogens with zero attached hydrogens (tertiary/aromatic N) is 1. The van der Waals surface area contributed by atoms with E-state index in [1.807, 2.05) is 0 Å². The van der Waals surface area contributed by atoms with E-state index in [0.29, 0.717) is 5.75 Å². The van der Waals surface area contributed by atoms with Crippen LogP contribution in [0.4, 0.5) is 5.69 Å². The number of hydrogen-bond donors (Lipinski definition) is 2. The van der Waals surface area contributed by atoms with E-state index >= 15 is 0 Å². The summed E-state index contributed by atoms with van der Waals surface area (Å²) in [7, 11) is 0. The second kappa shape index (κ2) is 7.39. The number of aliphatic hydroxyl groups is 1. The molecule has 1 aromatic rings. The minimum atomic E-state index is -1.10. The number of ether oxygens (including phenoxy) is 4. The number of aliphatic hydroxyl groups excluding tert-OH is 1. The largest absolute Gasteiger partial charge is 0.463 e. The van der Waals surface area contributed by atoms with Gasteiger partial charge >= 0.3 is 0 Å². The van der Waals surface area contributed by atoms with Crippen LogP contribution in [0.3, 0.4) is 0 Å². The van der Waals surface area contributed by atoms with Gasteiger partial charge in [0.25, 0.3) is 5.69 Å². The monoisotopic (exact) mass is 382 g/mol. The molecule has 2 fully saturated rings. The molecule has 27 heavy (non-hydrogen) atoms. The van der Waals surface area contributed by atoms with E-state index in [9.17, 15) is 20.0 Å². The quantitative estimate of drug-likeness (QED) is 0.575. The Bertz CT molecular complexity index is 707. The van der Waals surface area contributed by atoms with E-state index < -0.39 is 41.4 Å². The fourth-order valence-corrected chi connectivity index (χ4v) is 3.11. The zero-order chi connectivity index (χ0) is 19.8. The number of amides is 1. The summed E-state index contributed by atoms with van der Waals surface area (Å²) in [6.07, 6.45) is -3.43. The molecule has 0 bridgehead atoms. The Hall–Kier alpha value is -2.27. The van der Waals surface area contributed by atoms with Crippen LogP contribution in [-0.2, 0) is 19.0 Å². The zero-order valence-electron chi connectivity index (χ0n) is 15.2. The fourth-order valence-electron chi connectivity index (χ4n) is 3.11. The highest BCUT2D eigenvalue weighted by molar-refractivity contribution is 5.73. The lowest BCUT2D eigenvalue weighted by Gasteiger charge is -2.49. The third-order valence-electron chi connectivity index (χ3n) is 4.36. The number of hydrogen-bond acceptors (Lipinski definition) is 8. The lowest BCUT2D eigenvalue weighted by Crippen LogP contribution is -2.69. The second-order valence-electron chi connectivity index (χ2n) is 6.92. The van der Waals surface area contributed by atoms with Crippen LogP contribution in [0.5, 0.6) is 5.75 Å². The minimum absolute atomic E-state index is 0.0817. The first-order chi connectivity index (χ1) is 12.7. The fraction of sp³-hybridized carbons (Fsp3) is 0.588. The Labute approximate surface area is 155 Å². The first-order valence-corrected chi connectivity index (χ1v) is 8.50. The van der Waals surface area contributed by atoms with Crippen molar-refractivity contribution >= 4 is 11.6 Å². The Morgan fingerprint density at radius 3 is 2.63 bits per heavy atom. The van der Waals surface area contributed by atoms with Crippen molar-refractivity contribution in [1.29, 1.82) is 0 Å². The van der Waals surface area contributed by atoms with Gasteiger partial charge in [-0.05, 0) is 26.0 Å². The van der Waals surface area contributed by atoms with Gasteiger partial charge in [-0.1, -0.05) is 0 Å². The molecule has 10 nitrogen and oxygen atoms in total. The molecule has 2 N–H and O–H groups in total. The van der Waals surface area contributed by atoms with Crippen LogP contribution in [0, 0.1) is 10.1 Å². The van der Waals surface area contributed by atoms with Gasteiger partial charge in [0.2, 0.25) is 12.2 Å². The number of carbonyl (C=O) groups excluding carboxylic acids is 1. The summed E-state index contributed by atoms with van der Waals surface area (Å²) in [6.45, 7) is 4.95. The van der Waals surface area contributed by atoms with Gasteiger partial charge in [0.05, 0.1) is 11.5 Å². The molecule has 0 unspecified atom stereocenters. The van der Waals surface area contributed by atoms with Crippen molar-refractivity contribution in [3.05, 3.63) is 34.4 Å². The maximum absolute atomic E-state index is 11.6. The van der Waals surface area contributed by atoms with E-state index in [4.69, 9.17) is 18.9 Å². The molecule has 148 valence electrons. The summed E-state index contributed by atoms with van der Waals surface area (Å²) >= 11 is 0. The Balaban J connectivity index is 1.79. The molecular formula is C17H22N2O8. The number of fused-ring (bicyclic) bond motifs is 1. The van der Waals surface area contributed by atoms with E-state index in [1.165, 1.54) is 31.2 Å². The van der Waals surface area contributed by atoms with Gasteiger partial charge in [0.15, 0.2) is 5.79 Å². The lowest BCUT2D eigenvalue weighted by molar-refractivity contribution is -0.384. The van der Waals surface area contributed by atoms with E-state index in [1.54, 1.807) is 13.8 Å². The van der Waals surface area contributed by atoms with Crippen LogP contribution >= 0.6 is 0 Å². The van der Waals surface area contributed by atoms with E-state index in [0.717, 1.165) is 0 Å². The summed E-state index contributed by atoms with van der Waals surface area (Å²) in [6, 6.07) is 4.52. The van der Waals surface area contributed by atoms with Crippen molar-refractivity contribution in [2.24, 2.45) is 0 Å². The smallest absolute Gasteiger partial charge is 0.269 e. The number of benzene rings is 1. The summed E-state index contributed by atoms with van der Waals surface area (Å²) in [5, 5.41) is 24.2. The predicted octanol–water partition coefficient (Wildman–Crippen LogP) is 0.716. The number of nitro benzene ring substituents is 1. The first kappa shape index (κ1) is 19.5. The first-order valence-electron chi connectivity index (χ1n) is 8.50. The zero-order valence-corrected chi connectivity index (χ0v) is 15.2. The second-order valence-corrected chi connectivity index (χ2v) is 6.92. The number of rotatable bonds is 4. The Morgan fingerprint density at radius 2 is 2.04 bits per heavy atom. The average molecular weight is 382 g/mol. The molecule has 10 heteroatoms. The Kier molecular flexibility index (Phi) is 5.33. The maximum atomic E-state index is 11.6. The number of carbonyl (C=O) groups is 1. The summed E-state index contributed by atoms with van der Waals surface area (Å²) < 4.78 is 22.9. The highest BCUT2D eigenvalue weighted by atomic mass is 16.8. The van der Waals surface area contributed by atoms with Gasteiger partial charge in [0.1, 0.15) is 30.1 Å². The van der Waals surface area contributed by atoms with Crippen molar-refractivity contribution in [2.75, 3.05) is 6.61 Å². The van der Waals surface area contributed by atoms with Crippen LogP contribution in [0.25, 0.3) is 0 Å².